The molecule has 0 aliphatic carbocycles. The van der Waals surface area contributed by atoms with Crippen LogP contribution in [0.3, 0.4) is 0 Å². The minimum Gasteiger partial charge on any atom is -0.396 e. The van der Waals surface area contributed by atoms with E-state index in [1.165, 1.54) is 19.2 Å². The summed E-state index contributed by atoms with van der Waals surface area (Å²) in [6.07, 6.45) is 6.69. The Morgan fingerprint density at radius 2 is 2.28 bits per heavy atom. The third-order valence-corrected chi connectivity index (χ3v) is 3.67. The summed E-state index contributed by atoms with van der Waals surface area (Å²) in [6.45, 7) is 3.29. The summed E-state index contributed by atoms with van der Waals surface area (Å²) in [5.41, 5.74) is 6.96. The van der Waals surface area contributed by atoms with Gasteiger partial charge >= 0.3 is 0 Å². The van der Waals surface area contributed by atoms with Gasteiger partial charge in [0, 0.05) is 24.8 Å². The number of hydrogen-bond donors (Lipinski definition) is 2. The fourth-order valence-electron chi connectivity index (χ4n) is 2.73. The van der Waals surface area contributed by atoms with Crippen molar-refractivity contribution in [3.8, 4) is 0 Å². The maximum absolute atomic E-state index is 9.18. The van der Waals surface area contributed by atoms with Crippen molar-refractivity contribution in [3.63, 3.8) is 0 Å². The molecule has 5 heteroatoms. The second-order valence-electron chi connectivity index (χ2n) is 4.77. The number of aliphatic hydroxyl groups is 1. The number of aliphatic hydroxyl groups excluding tert-OH is 1. The quantitative estimate of drug-likeness (QED) is 0.844. The highest BCUT2D eigenvalue weighted by molar-refractivity contribution is 5.57. The second-order valence-corrected chi connectivity index (χ2v) is 4.77. The average Bonchev–Trinajstić information content (AvgIpc) is 2.39. The maximum atomic E-state index is 9.18. The summed E-state index contributed by atoms with van der Waals surface area (Å²) in [5, 5.41) is 9.18. The number of hydrogen-bond acceptors (Lipinski definition) is 5. The van der Waals surface area contributed by atoms with Crippen LogP contribution in [-0.2, 0) is 6.42 Å². The highest BCUT2D eigenvalue weighted by Gasteiger charge is 2.25. The Kier molecular flexibility index (Phi) is 4.36. The number of aromatic nitrogens is 2. The Morgan fingerprint density at radius 1 is 1.44 bits per heavy atom. The first-order chi connectivity index (χ1) is 8.77. The van der Waals surface area contributed by atoms with Gasteiger partial charge in [-0.25, -0.2) is 9.97 Å². The summed E-state index contributed by atoms with van der Waals surface area (Å²) < 4.78 is 0. The minimum atomic E-state index is 0.225. The van der Waals surface area contributed by atoms with E-state index in [4.69, 9.17) is 5.73 Å². The lowest BCUT2D eigenvalue weighted by Crippen LogP contribution is -2.41. The lowest BCUT2D eigenvalue weighted by molar-refractivity contribution is 0.262. The predicted octanol–water partition coefficient (Wildman–Crippen LogP) is 1.36. The van der Waals surface area contributed by atoms with Crippen molar-refractivity contribution >= 4 is 11.6 Å². The van der Waals surface area contributed by atoms with Crippen LogP contribution in [0.25, 0.3) is 0 Å². The van der Waals surface area contributed by atoms with Crippen LogP contribution < -0.4 is 10.6 Å². The molecule has 2 rings (SSSR count). The van der Waals surface area contributed by atoms with E-state index in [-0.39, 0.29) is 6.61 Å². The number of nitrogen functional groups attached to an aromatic ring is 1. The molecule has 3 N–H and O–H groups in total. The van der Waals surface area contributed by atoms with Crippen molar-refractivity contribution in [1.82, 2.24) is 9.97 Å². The Labute approximate surface area is 108 Å². The first-order valence-corrected chi connectivity index (χ1v) is 6.74. The van der Waals surface area contributed by atoms with Gasteiger partial charge in [0.15, 0.2) is 0 Å². The number of piperidine rings is 1. The monoisotopic (exact) mass is 250 g/mol. The van der Waals surface area contributed by atoms with Crippen molar-refractivity contribution in [2.24, 2.45) is 0 Å². The number of nitrogens with zero attached hydrogens (tertiary/aromatic N) is 3. The molecule has 0 aromatic carbocycles. The lowest BCUT2D eigenvalue weighted by Gasteiger charge is -2.37. The van der Waals surface area contributed by atoms with Gasteiger partial charge in [0.2, 0.25) is 0 Å². The molecule has 1 aromatic rings. The molecule has 1 aromatic heterocycles. The molecule has 0 radical (unpaired) electrons. The van der Waals surface area contributed by atoms with Crippen molar-refractivity contribution in [2.75, 3.05) is 23.8 Å². The van der Waals surface area contributed by atoms with Crippen LogP contribution in [0.2, 0.25) is 0 Å². The first-order valence-electron chi connectivity index (χ1n) is 6.74. The molecule has 1 atom stereocenters. The van der Waals surface area contributed by atoms with Crippen molar-refractivity contribution < 1.29 is 5.11 Å². The molecule has 1 fully saturated rings. The lowest BCUT2D eigenvalue weighted by atomic mass is 9.99. The standard InChI is InChI=1S/C13H22N4O/c1-2-11-12(14)15-9-16-13(11)17-7-4-3-5-10(17)6-8-18/h9-10,18H,2-8H2,1H3,(H2,14,15,16). The Morgan fingerprint density at radius 3 is 3.00 bits per heavy atom. The van der Waals surface area contributed by atoms with Crippen LogP contribution in [0.15, 0.2) is 6.33 Å². The van der Waals surface area contributed by atoms with Gasteiger partial charge in [-0.15, -0.1) is 0 Å². The van der Waals surface area contributed by atoms with Crippen molar-refractivity contribution in [2.45, 2.75) is 45.1 Å². The zero-order chi connectivity index (χ0) is 13.0. The summed E-state index contributed by atoms with van der Waals surface area (Å²) in [4.78, 5) is 10.8. The van der Waals surface area contributed by atoms with Crippen molar-refractivity contribution in [3.05, 3.63) is 11.9 Å². The number of rotatable bonds is 4. The van der Waals surface area contributed by atoms with Crippen molar-refractivity contribution in [1.29, 1.82) is 0 Å². The van der Waals surface area contributed by atoms with Crippen LogP contribution in [0.1, 0.15) is 38.2 Å². The third-order valence-electron chi connectivity index (χ3n) is 3.67. The summed E-state index contributed by atoms with van der Waals surface area (Å²) >= 11 is 0. The van der Waals surface area contributed by atoms with E-state index in [1.807, 2.05) is 0 Å². The molecule has 1 unspecified atom stereocenters. The van der Waals surface area contributed by atoms with Crippen LogP contribution in [0, 0.1) is 0 Å². The molecule has 0 saturated carbocycles. The van der Waals surface area contributed by atoms with Crippen LogP contribution >= 0.6 is 0 Å². The van der Waals surface area contributed by atoms with Gasteiger partial charge in [0.1, 0.15) is 18.0 Å². The molecule has 1 aliphatic rings. The zero-order valence-electron chi connectivity index (χ0n) is 11.0. The molecular formula is C13H22N4O. The fourth-order valence-corrected chi connectivity index (χ4v) is 2.73. The SMILES string of the molecule is CCc1c(N)ncnc1N1CCCCC1CCO. The van der Waals surface area contributed by atoms with Gasteiger partial charge in [0.25, 0.3) is 0 Å². The van der Waals surface area contributed by atoms with Gasteiger partial charge in [-0.2, -0.15) is 0 Å². The molecule has 100 valence electrons. The fraction of sp³-hybridized carbons (Fsp3) is 0.692. The number of nitrogens with two attached hydrogens (primary N) is 1. The molecule has 0 bridgehead atoms. The molecule has 18 heavy (non-hydrogen) atoms. The van der Waals surface area contributed by atoms with Gasteiger partial charge in [-0.3, -0.25) is 0 Å². The van der Waals surface area contributed by atoms with E-state index in [9.17, 15) is 5.11 Å². The average molecular weight is 250 g/mol. The first kappa shape index (κ1) is 13.1. The Hall–Kier alpha value is -1.36. The normalized spacial score (nSPS) is 20.1. The molecule has 2 heterocycles. The van der Waals surface area contributed by atoms with E-state index < -0.39 is 0 Å². The van der Waals surface area contributed by atoms with Gasteiger partial charge in [-0.05, 0) is 32.1 Å². The second kappa shape index (κ2) is 6.00. The van der Waals surface area contributed by atoms with Crippen LogP contribution in [0.4, 0.5) is 11.6 Å². The molecule has 0 amide bonds. The van der Waals surface area contributed by atoms with E-state index in [0.29, 0.717) is 11.9 Å². The highest BCUT2D eigenvalue weighted by atomic mass is 16.3. The smallest absolute Gasteiger partial charge is 0.137 e. The van der Waals surface area contributed by atoms with E-state index in [2.05, 4.69) is 21.8 Å². The molecule has 1 saturated heterocycles. The third kappa shape index (κ3) is 2.56. The van der Waals surface area contributed by atoms with Gasteiger partial charge in [0.05, 0.1) is 0 Å². The van der Waals surface area contributed by atoms with E-state index >= 15 is 0 Å². The van der Waals surface area contributed by atoms with Crippen LogP contribution in [-0.4, -0.2) is 34.3 Å². The topological polar surface area (TPSA) is 75.3 Å². The molecule has 0 spiro atoms. The Balaban J connectivity index is 2.30. The number of anilines is 2. The maximum Gasteiger partial charge on any atom is 0.137 e. The van der Waals surface area contributed by atoms with Gasteiger partial charge in [-0.1, -0.05) is 6.92 Å². The largest absolute Gasteiger partial charge is 0.396 e. The summed E-state index contributed by atoms with van der Waals surface area (Å²) in [5.74, 6) is 1.54. The van der Waals surface area contributed by atoms with Gasteiger partial charge < -0.3 is 15.7 Å². The molecular weight excluding hydrogens is 228 g/mol. The summed E-state index contributed by atoms with van der Waals surface area (Å²) in [7, 11) is 0. The Bertz CT molecular complexity index is 395. The molecule has 5 nitrogen and oxygen atoms in total. The molecule has 1 aliphatic heterocycles. The van der Waals surface area contributed by atoms with E-state index in [0.717, 1.165) is 37.2 Å². The summed E-state index contributed by atoms with van der Waals surface area (Å²) in [6, 6.07) is 0.378. The zero-order valence-corrected chi connectivity index (χ0v) is 11.0. The highest BCUT2D eigenvalue weighted by Crippen LogP contribution is 2.29. The van der Waals surface area contributed by atoms with Crippen LogP contribution in [0.5, 0.6) is 0 Å². The predicted molar refractivity (Wildman–Crippen MR) is 72.5 cm³/mol. The minimum absolute atomic E-state index is 0.225. The van der Waals surface area contributed by atoms with E-state index in [1.54, 1.807) is 0 Å².